The van der Waals surface area contributed by atoms with Crippen LogP contribution in [0.15, 0.2) is 18.2 Å². The zero-order valence-corrected chi connectivity index (χ0v) is 8.47. The van der Waals surface area contributed by atoms with Crippen molar-refractivity contribution in [2.45, 2.75) is 6.42 Å². The Labute approximate surface area is 88.4 Å². The minimum absolute atomic E-state index is 0.0683. The van der Waals surface area contributed by atoms with E-state index in [0.29, 0.717) is 12.2 Å². The average Bonchev–Trinajstić information content (AvgIpc) is 2.28. The van der Waals surface area contributed by atoms with Crippen LogP contribution in [0.2, 0.25) is 0 Å². The number of phenolic OH excluding ortho intramolecular Hbond substituents is 1. The summed E-state index contributed by atoms with van der Waals surface area (Å²) in [4.78, 5) is 0. The number of aliphatic hydroxyl groups is 1. The molecule has 15 heavy (non-hydrogen) atoms. The third kappa shape index (κ3) is 2.86. The van der Waals surface area contributed by atoms with Gasteiger partial charge in [-0.2, -0.15) is 5.26 Å². The summed E-state index contributed by atoms with van der Waals surface area (Å²) in [5.74, 6) is 0.0279. The first-order valence-electron chi connectivity index (χ1n) is 4.57. The molecule has 0 fully saturated rings. The van der Waals surface area contributed by atoms with Crippen molar-refractivity contribution in [2.24, 2.45) is 5.92 Å². The zero-order valence-electron chi connectivity index (χ0n) is 8.47. The van der Waals surface area contributed by atoms with E-state index < -0.39 is 5.92 Å². The number of phenols is 1. The van der Waals surface area contributed by atoms with Gasteiger partial charge in [0.1, 0.15) is 0 Å². The van der Waals surface area contributed by atoms with Crippen molar-refractivity contribution in [2.75, 3.05) is 13.7 Å². The van der Waals surface area contributed by atoms with Gasteiger partial charge in [-0.15, -0.1) is 0 Å². The maximum Gasteiger partial charge on any atom is 0.160 e. The lowest BCUT2D eigenvalue weighted by atomic mass is 10.0. The molecular formula is C11H13NO3. The molecule has 0 saturated heterocycles. The van der Waals surface area contributed by atoms with Gasteiger partial charge in [-0.3, -0.25) is 0 Å². The second-order valence-electron chi connectivity index (χ2n) is 3.22. The van der Waals surface area contributed by atoms with Gasteiger partial charge in [-0.05, 0) is 24.1 Å². The molecule has 1 rings (SSSR count). The van der Waals surface area contributed by atoms with E-state index in [-0.39, 0.29) is 12.4 Å². The maximum absolute atomic E-state index is 9.34. The summed E-state index contributed by atoms with van der Waals surface area (Å²) in [5.41, 5.74) is 0.852. The molecule has 0 spiro atoms. The SMILES string of the molecule is COc1cc(CC(C#N)CO)ccc1O. The molecule has 0 saturated carbocycles. The molecule has 1 aromatic carbocycles. The van der Waals surface area contributed by atoms with E-state index in [9.17, 15) is 5.11 Å². The fourth-order valence-corrected chi connectivity index (χ4v) is 1.28. The smallest absolute Gasteiger partial charge is 0.160 e. The fraction of sp³-hybridized carbons (Fsp3) is 0.364. The highest BCUT2D eigenvalue weighted by molar-refractivity contribution is 5.41. The molecular weight excluding hydrogens is 194 g/mol. The summed E-state index contributed by atoms with van der Waals surface area (Å²) < 4.78 is 4.94. The number of nitriles is 1. The van der Waals surface area contributed by atoms with E-state index >= 15 is 0 Å². The van der Waals surface area contributed by atoms with E-state index in [1.807, 2.05) is 6.07 Å². The predicted molar refractivity (Wildman–Crippen MR) is 54.6 cm³/mol. The van der Waals surface area contributed by atoms with Crippen molar-refractivity contribution >= 4 is 0 Å². The van der Waals surface area contributed by atoms with Crippen molar-refractivity contribution in [1.82, 2.24) is 0 Å². The summed E-state index contributed by atoms with van der Waals surface area (Å²) in [7, 11) is 1.46. The van der Waals surface area contributed by atoms with Gasteiger partial charge in [0, 0.05) is 0 Å². The van der Waals surface area contributed by atoms with Crippen LogP contribution in [0, 0.1) is 17.2 Å². The first kappa shape index (κ1) is 11.3. The number of rotatable bonds is 4. The summed E-state index contributed by atoms with van der Waals surface area (Å²) in [6.45, 7) is -0.167. The minimum Gasteiger partial charge on any atom is -0.504 e. The lowest BCUT2D eigenvalue weighted by Gasteiger charge is -2.08. The number of nitrogens with zero attached hydrogens (tertiary/aromatic N) is 1. The molecule has 1 atom stereocenters. The Kier molecular flexibility index (Phi) is 3.95. The lowest BCUT2D eigenvalue weighted by Crippen LogP contribution is -2.06. The van der Waals surface area contributed by atoms with Crippen molar-refractivity contribution < 1.29 is 14.9 Å². The fourth-order valence-electron chi connectivity index (χ4n) is 1.28. The maximum atomic E-state index is 9.34. The first-order chi connectivity index (χ1) is 7.21. The standard InChI is InChI=1S/C11H13NO3/c1-15-11-5-8(2-3-10(11)14)4-9(6-12)7-13/h2-3,5,9,13-14H,4,7H2,1H3. The van der Waals surface area contributed by atoms with Gasteiger partial charge in [-0.1, -0.05) is 6.07 Å². The normalized spacial score (nSPS) is 11.8. The summed E-state index contributed by atoms with van der Waals surface area (Å²) in [5, 5.41) is 26.9. The van der Waals surface area contributed by atoms with E-state index in [1.165, 1.54) is 13.2 Å². The Hall–Kier alpha value is -1.73. The third-order valence-corrected chi connectivity index (χ3v) is 2.13. The number of benzene rings is 1. The first-order valence-corrected chi connectivity index (χ1v) is 4.57. The number of methoxy groups -OCH3 is 1. The van der Waals surface area contributed by atoms with Crippen molar-refractivity contribution in [3.63, 3.8) is 0 Å². The molecule has 0 aliphatic rings. The Balaban J connectivity index is 2.83. The number of aromatic hydroxyl groups is 1. The predicted octanol–water partition coefficient (Wildman–Crippen LogP) is 1.08. The monoisotopic (exact) mass is 207 g/mol. The van der Waals surface area contributed by atoms with E-state index in [0.717, 1.165) is 5.56 Å². The van der Waals surface area contributed by atoms with Gasteiger partial charge in [0.25, 0.3) is 0 Å². The van der Waals surface area contributed by atoms with Gasteiger partial charge in [0.2, 0.25) is 0 Å². The second kappa shape index (κ2) is 5.23. The van der Waals surface area contributed by atoms with Gasteiger partial charge >= 0.3 is 0 Å². The van der Waals surface area contributed by atoms with Crippen LogP contribution in [0.1, 0.15) is 5.56 Å². The van der Waals surface area contributed by atoms with Crippen molar-refractivity contribution in [1.29, 1.82) is 5.26 Å². The quantitative estimate of drug-likeness (QED) is 0.774. The molecule has 0 bridgehead atoms. The van der Waals surface area contributed by atoms with Crippen molar-refractivity contribution in [3.8, 4) is 17.6 Å². The molecule has 4 nitrogen and oxygen atoms in total. The molecule has 0 heterocycles. The average molecular weight is 207 g/mol. The molecule has 0 aromatic heterocycles. The largest absolute Gasteiger partial charge is 0.504 e. The van der Waals surface area contributed by atoms with Crippen LogP contribution in [0.5, 0.6) is 11.5 Å². The van der Waals surface area contributed by atoms with Crippen LogP contribution >= 0.6 is 0 Å². The molecule has 1 aromatic rings. The van der Waals surface area contributed by atoms with Crippen LogP contribution in [0.4, 0.5) is 0 Å². The highest BCUT2D eigenvalue weighted by atomic mass is 16.5. The number of hydrogen-bond acceptors (Lipinski definition) is 4. The number of aliphatic hydroxyl groups excluding tert-OH is 1. The van der Waals surface area contributed by atoms with Crippen LogP contribution < -0.4 is 4.74 Å². The van der Waals surface area contributed by atoms with Gasteiger partial charge in [0.05, 0.1) is 25.7 Å². The number of hydrogen-bond donors (Lipinski definition) is 2. The minimum atomic E-state index is -0.417. The summed E-state index contributed by atoms with van der Waals surface area (Å²) in [6.07, 6.45) is 0.448. The van der Waals surface area contributed by atoms with Crippen LogP contribution in [0.25, 0.3) is 0 Å². The molecule has 0 radical (unpaired) electrons. The molecule has 1 unspecified atom stereocenters. The molecule has 80 valence electrons. The Morgan fingerprint density at radius 1 is 1.53 bits per heavy atom. The second-order valence-corrected chi connectivity index (χ2v) is 3.22. The Morgan fingerprint density at radius 2 is 2.27 bits per heavy atom. The molecule has 2 N–H and O–H groups in total. The molecule has 0 aliphatic carbocycles. The number of ether oxygens (including phenoxy) is 1. The lowest BCUT2D eigenvalue weighted by molar-refractivity contribution is 0.255. The Morgan fingerprint density at radius 3 is 2.80 bits per heavy atom. The van der Waals surface area contributed by atoms with Gasteiger partial charge in [-0.25, -0.2) is 0 Å². The summed E-state index contributed by atoms with van der Waals surface area (Å²) >= 11 is 0. The van der Waals surface area contributed by atoms with E-state index in [2.05, 4.69) is 0 Å². The van der Waals surface area contributed by atoms with E-state index in [4.69, 9.17) is 15.1 Å². The van der Waals surface area contributed by atoms with E-state index in [1.54, 1.807) is 12.1 Å². The third-order valence-electron chi connectivity index (χ3n) is 2.13. The van der Waals surface area contributed by atoms with Crippen LogP contribution in [0.3, 0.4) is 0 Å². The van der Waals surface area contributed by atoms with Gasteiger partial charge in [0.15, 0.2) is 11.5 Å². The van der Waals surface area contributed by atoms with Crippen LogP contribution in [-0.2, 0) is 6.42 Å². The topological polar surface area (TPSA) is 73.5 Å². The highest BCUT2D eigenvalue weighted by Crippen LogP contribution is 2.27. The molecule has 0 aliphatic heterocycles. The summed E-state index contributed by atoms with van der Waals surface area (Å²) in [6, 6.07) is 6.88. The van der Waals surface area contributed by atoms with Gasteiger partial charge < -0.3 is 14.9 Å². The highest BCUT2D eigenvalue weighted by Gasteiger charge is 2.09. The van der Waals surface area contributed by atoms with Crippen molar-refractivity contribution in [3.05, 3.63) is 23.8 Å². The Bertz CT molecular complexity index is 371. The van der Waals surface area contributed by atoms with Crippen LogP contribution in [-0.4, -0.2) is 23.9 Å². The molecule has 4 heteroatoms. The zero-order chi connectivity index (χ0) is 11.3. The molecule has 0 amide bonds.